The van der Waals surface area contributed by atoms with Crippen molar-refractivity contribution in [2.24, 2.45) is 7.05 Å². The summed E-state index contributed by atoms with van der Waals surface area (Å²) >= 11 is 0. The first kappa shape index (κ1) is 11.2. The maximum absolute atomic E-state index is 11.6. The van der Waals surface area contributed by atoms with Gasteiger partial charge in [-0.3, -0.25) is 9.89 Å². The smallest absolute Gasteiger partial charge is 0.250 e. The first-order chi connectivity index (χ1) is 8.74. The molecule has 0 saturated heterocycles. The molecule has 1 aliphatic rings. The van der Waals surface area contributed by atoms with Gasteiger partial charge < -0.3 is 4.57 Å². The Morgan fingerprint density at radius 2 is 2.17 bits per heavy atom. The molecule has 0 bridgehead atoms. The minimum Gasteiger partial charge on any atom is -0.319 e. The highest BCUT2D eigenvalue weighted by Gasteiger charge is 2.20. The van der Waals surface area contributed by atoms with E-state index in [0.717, 1.165) is 11.4 Å². The van der Waals surface area contributed by atoms with Gasteiger partial charge in [0, 0.05) is 30.8 Å². The third-order valence-corrected chi connectivity index (χ3v) is 3.61. The predicted molar refractivity (Wildman–Crippen MR) is 68.3 cm³/mol. The monoisotopic (exact) mass is 244 g/mol. The van der Waals surface area contributed by atoms with Gasteiger partial charge in [0.25, 0.3) is 5.56 Å². The van der Waals surface area contributed by atoms with Crippen LogP contribution in [0.5, 0.6) is 0 Å². The quantitative estimate of drug-likeness (QED) is 0.876. The van der Waals surface area contributed by atoms with Crippen molar-refractivity contribution in [3.8, 4) is 11.4 Å². The van der Waals surface area contributed by atoms with E-state index in [4.69, 9.17) is 0 Å². The summed E-state index contributed by atoms with van der Waals surface area (Å²) in [7, 11) is 1.73. The number of aromatic nitrogens is 4. The van der Waals surface area contributed by atoms with E-state index in [1.807, 2.05) is 6.07 Å². The third kappa shape index (κ3) is 1.96. The van der Waals surface area contributed by atoms with E-state index < -0.39 is 0 Å². The minimum atomic E-state index is -0.0419. The van der Waals surface area contributed by atoms with Gasteiger partial charge in [-0.1, -0.05) is 12.8 Å². The fraction of sp³-hybridized carbons (Fsp3) is 0.462. The van der Waals surface area contributed by atoms with Crippen molar-refractivity contribution in [1.82, 2.24) is 19.7 Å². The predicted octanol–water partition coefficient (Wildman–Crippen LogP) is 1.83. The van der Waals surface area contributed by atoms with Crippen molar-refractivity contribution in [1.29, 1.82) is 0 Å². The molecule has 1 fully saturated rings. The van der Waals surface area contributed by atoms with Gasteiger partial charge in [-0.05, 0) is 18.9 Å². The summed E-state index contributed by atoms with van der Waals surface area (Å²) in [6.45, 7) is 0. The van der Waals surface area contributed by atoms with E-state index in [2.05, 4.69) is 15.2 Å². The lowest BCUT2D eigenvalue weighted by Crippen LogP contribution is -2.14. The van der Waals surface area contributed by atoms with Crippen LogP contribution in [-0.2, 0) is 7.05 Å². The van der Waals surface area contributed by atoms with Gasteiger partial charge in [-0.25, -0.2) is 4.98 Å². The van der Waals surface area contributed by atoms with Crippen LogP contribution in [0.25, 0.3) is 11.4 Å². The molecule has 94 valence electrons. The number of aromatic amines is 1. The molecule has 0 aromatic carbocycles. The van der Waals surface area contributed by atoms with Gasteiger partial charge in [0.05, 0.1) is 0 Å². The van der Waals surface area contributed by atoms with Crippen LogP contribution in [0.2, 0.25) is 0 Å². The van der Waals surface area contributed by atoms with E-state index in [-0.39, 0.29) is 5.56 Å². The Morgan fingerprint density at radius 3 is 2.89 bits per heavy atom. The van der Waals surface area contributed by atoms with Crippen LogP contribution in [0, 0.1) is 0 Å². The molecular weight excluding hydrogens is 228 g/mol. The molecule has 0 spiro atoms. The highest BCUT2D eigenvalue weighted by Crippen LogP contribution is 2.32. The molecule has 5 heteroatoms. The van der Waals surface area contributed by atoms with Gasteiger partial charge in [0.15, 0.2) is 5.82 Å². The van der Waals surface area contributed by atoms with Gasteiger partial charge in [-0.2, -0.15) is 5.10 Å². The van der Waals surface area contributed by atoms with Crippen LogP contribution in [0.3, 0.4) is 0 Å². The van der Waals surface area contributed by atoms with Crippen LogP contribution in [-0.4, -0.2) is 19.7 Å². The summed E-state index contributed by atoms with van der Waals surface area (Å²) in [5.41, 5.74) is 0.735. The average Bonchev–Trinajstić information content (AvgIpc) is 3.01. The molecule has 0 unspecified atom stereocenters. The van der Waals surface area contributed by atoms with E-state index >= 15 is 0 Å². The van der Waals surface area contributed by atoms with Crippen LogP contribution < -0.4 is 5.56 Å². The number of H-pyrrole nitrogens is 1. The first-order valence-corrected chi connectivity index (χ1v) is 6.33. The topological polar surface area (TPSA) is 63.6 Å². The Balaban J connectivity index is 1.92. The van der Waals surface area contributed by atoms with Crippen LogP contribution in [0.1, 0.15) is 37.4 Å². The summed E-state index contributed by atoms with van der Waals surface area (Å²) in [5.74, 6) is 2.09. The largest absolute Gasteiger partial charge is 0.319 e. The zero-order chi connectivity index (χ0) is 12.5. The Morgan fingerprint density at radius 1 is 1.39 bits per heavy atom. The third-order valence-electron chi connectivity index (χ3n) is 3.61. The second-order valence-electron chi connectivity index (χ2n) is 4.89. The van der Waals surface area contributed by atoms with E-state index in [0.29, 0.717) is 11.7 Å². The van der Waals surface area contributed by atoms with E-state index in [1.165, 1.54) is 30.3 Å². The zero-order valence-electron chi connectivity index (χ0n) is 10.4. The molecule has 2 heterocycles. The maximum atomic E-state index is 11.6. The fourth-order valence-corrected chi connectivity index (χ4v) is 2.47. The Bertz CT molecular complexity index is 607. The molecule has 18 heavy (non-hydrogen) atoms. The highest BCUT2D eigenvalue weighted by atomic mass is 16.1. The Hall–Kier alpha value is -1.91. The summed E-state index contributed by atoms with van der Waals surface area (Å²) in [6.07, 6.45) is 6.65. The highest BCUT2D eigenvalue weighted by molar-refractivity contribution is 5.53. The number of hydrogen-bond acceptors (Lipinski definition) is 3. The number of nitrogens with zero attached hydrogens (tertiary/aromatic N) is 3. The average molecular weight is 244 g/mol. The molecule has 1 saturated carbocycles. The maximum Gasteiger partial charge on any atom is 0.250 e. The standard InChI is InChI=1S/C13H16N4O/c1-17-7-6-10(8-11(17)18)13-14-12(15-16-13)9-4-2-3-5-9/h6-9H,2-5H2,1H3,(H,14,15,16). The SMILES string of the molecule is Cn1ccc(-c2n[nH]c(C3CCCC3)n2)cc1=O. The van der Waals surface area contributed by atoms with Gasteiger partial charge in [0.1, 0.15) is 5.82 Å². The normalized spacial score (nSPS) is 16.3. The van der Waals surface area contributed by atoms with Crippen molar-refractivity contribution < 1.29 is 0 Å². The van der Waals surface area contributed by atoms with Crippen molar-refractivity contribution in [2.45, 2.75) is 31.6 Å². The first-order valence-electron chi connectivity index (χ1n) is 6.33. The molecule has 5 nitrogen and oxygen atoms in total. The second-order valence-corrected chi connectivity index (χ2v) is 4.89. The molecular formula is C13H16N4O. The Labute approximate surface area is 105 Å². The molecule has 1 N–H and O–H groups in total. The van der Waals surface area contributed by atoms with E-state index in [1.54, 1.807) is 19.3 Å². The fourth-order valence-electron chi connectivity index (χ4n) is 2.47. The minimum absolute atomic E-state index is 0.0419. The second kappa shape index (κ2) is 4.40. The van der Waals surface area contributed by atoms with Crippen molar-refractivity contribution >= 4 is 0 Å². The van der Waals surface area contributed by atoms with Crippen molar-refractivity contribution in [3.05, 3.63) is 34.5 Å². The molecule has 2 aromatic rings. The number of aryl methyl sites for hydroxylation is 1. The number of nitrogens with one attached hydrogen (secondary N) is 1. The lowest BCUT2D eigenvalue weighted by Gasteiger charge is -2.02. The molecule has 0 aliphatic heterocycles. The molecule has 2 aromatic heterocycles. The van der Waals surface area contributed by atoms with Crippen LogP contribution >= 0.6 is 0 Å². The number of rotatable bonds is 2. The molecule has 1 aliphatic carbocycles. The van der Waals surface area contributed by atoms with Crippen LogP contribution in [0.15, 0.2) is 23.1 Å². The molecule has 0 atom stereocenters. The Kier molecular flexibility index (Phi) is 2.74. The lowest BCUT2D eigenvalue weighted by atomic mass is 10.1. The summed E-state index contributed by atoms with van der Waals surface area (Å²) in [5, 5.41) is 7.23. The summed E-state index contributed by atoms with van der Waals surface area (Å²) in [6, 6.07) is 3.44. The van der Waals surface area contributed by atoms with Gasteiger partial charge in [-0.15, -0.1) is 0 Å². The molecule has 3 rings (SSSR count). The molecule has 0 amide bonds. The van der Waals surface area contributed by atoms with Gasteiger partial charge in [0.2, 0.25) is 0 Å². The zero-order valence-corrected chi connectivity index (χ0v) is 10.4. The van der Waals surface area contributed by atoms with Crippen molar-refractivity contribution in [3.63, 3.8) is 0 Å². The summed E-state index contributed by atoms with van der Waals surface area (Å²) in [4.78, 5) is 16.1. The molecule has 0 radical (unpaired) electrons. The lowest BCUT2D eigenvalue weighted by molar-refractivity contribution is 0.672. The van der Waals surface area contributed by atoms with Crippen molar-refractivity contribution in [2.75, 3.05) is 0 Å². The van der Waals surface area contributed by atoms with E-state index in [9.17, 15) is 4.79 Å². The van der Waals surface area contributed by atoms with Crippen LogP contribution in [0.4, 0.5) is 0 Å². The number of pyridine rings is 1. The summed E-state index contributed by atoms with van der Waals surface area (Å²) < 4.78 is 1.54. The van der Waals surface area contributed by atoms with Gasteiger partial charge >= 0.3 is 0 Å². The number of hydrogen-bond donors (Lipinski definition) is 1.